The van der Waals surface area contributed by atoms with Crippen molar-refractivity contribution in [3.05, 3.63) is 22.6 Å². The number of nitrogens with one attached hydrogen (secondary N) is 1. The normalized spacial score (nSPS) is 17.8. The second-order valence-corrected chi connectivity index (χ2v) is 7.45. The first-order chi connectivity index (χ1) is 9.47. The first-order valence-corrected chi connectivity index (χ1v) is 8.01. The molecule has 2 aromatic rings. The number of hydrogen-bond acceptors (Lipinski definition) is 3. The average molecular weight is 337 g/mol. The van der Waals surface area contributed by atoms with Crippen molar-refractivity contribution in [2.24, 2.45) is 0 Å². The number of fused-ring (bicyclic) bond motifs is 1. The highest BCUT2D eigenvalue weighted by molar-refractivity contribution is 9.10. The quantitative estimate of drug-likeness (QED) is 0.867. The van der Waals surface area contributed by atoms with Gasteiger partial charge in [0.25, 0.3) is 0 Å². The molecule has 4 nitrogen and oxygen atoms in total. The zero-order valence-corrected chi connectivity index (χ0v) is 13.9. The largest absolute Gasteiger partial charge is 0.317 e. The van der Waals surface area contributed by atoms with Crippen molar-refractivity contribution in [3.63, 3.8) is 0 Å². The molecule has 0 aliphatic carbocycles. The Morgan fingerprint density at radius 3 is 2.65 bits per heavy atom. The highest BCUT2D eigenvalue weighted by Crippen LogP contribution is 2.32. The molecule has 1 aliphatic rings. The highest BCUT2D eigenvalue weighted by Gasteiger charge is 2.28. The number of hydrogen-bond donors (Lipinski definition) is 1. The minimum absolute atomic E-state index is 0.0258. The van der Waals surface area contributed by atoms with Gasteiger partial charge in [0, 0.05) is 22.1 Å². The fourth-order valence-corrected chi connectivity index (χ4v) is 3.22. The summed E-state index contributed by atoms with van der Waals surface area (Å²) in [5, 5.41) is 3.43. The lowest BCUT2D eigenvalue weighted by atomic mass is 9.94. The van der Waals surface area contributed by atoms with E-state index in [1.165, 1.54) is 0 Å². The second kappa shape index (κ2) is 5.11. The third kappa shape index (κ3) is 2.49. The molecule has 3 heterocycles. The Bertz CT molecular complexity index is 621. The van der Waals surface area contributed by atoms with Crippen molar-refractivity contribution in [1.29, 1.82) is 0 Å². The molecule has 0 atom stereocenters. The lowest BCUT2D eigenvalue weighted by Gasteiger charge is -2.29. The summed E-state index contributed by atoms with van der Waals surface area (Å²) in [6.07, 6.45) is 4.16. The predicted molar refractivity (Wildman–Crippen MR) is 85.1 cm³/mol. The topological polar surface area (TPSA) is 42.7 Å². The van der Waals surface area contributed by atoms with E-state index in [0.717, 1.165) is 47.4 Å². The maximum atomic E-state index is 4.87. The number of piperidine rings is 1. The summed E-state index contributed by atoms with van der Waals surface area (Å²) in [6, 6.07) is 2.57. The molecule has 0 unspecified atom stereocenters. The standard InChI is InChI=1S/C15H21BrN4/c1-15(2,3)14-19-12-8-10(16)9-18-13(12)20(14)11-4-6-17-7-5-11/h8-9,11,17H,4-7H2,1-3H3. The molecule has 1 aliphatic heterocycles. The van der Waals surface area contributed by atoms with Crippen LogP contribution in [0.25, 0.3) is 11.2 Å². The zero-order chi connectivity index (χ0) is 14.3. The van der Waals surface area contributed by atoms with Gasteiger partial charge in [-0.25, -0.2) is 9.97 Å². The van der Waals surface area contributed by atoms with Crippen LogP contribution in [0.3, 0.4) is 0 Å². The van der Waals surface area contributed by atoms with Gasteiger partial charge in [-0.15, -0.1) is 0 Å². The fraction of sp³-hybridized carbons (Fsp3) is 0.600. The summed E-state index contributed by atoms with van der Waals surface area (Å²) in [6.45, 7) is 8.82. The van der Waals surface area contributed by atoms with Crippen LogP contribution in [0.4, 0.5) is 0 Å². The Morgan fingerprint density at radius 2 is 2.00 bits per heavy atom. The molecule has 0 spiro atoms. The van der Waals surface area contributed by atoms with Crippen LogP contribution in [-0.4, -0.2) is 27.6 Å². The minimum Gasteiger partial charge on any atom is -0.317 e. The number of nitrogens with zero attached hydrogens (tertiary/aromatic N) is 3. The van der Waals surface area contributed by atoms with Gasteiger partial charge in [0.15, 0.2) is 5.65 Å². The van der Waals surface area contributed by atoms with Gasteiger partial charge in [0.05, 0.1) is 0 Å². The summed E-state index contributed by atoms with van der Waals surface area (Å²) < 4.78 is 3.36. The van der Waals surface area contributed by atoms with Crippen molar-refractivity contribution < 1.29 is 0 Å². The third-order valence-corrected chi connectivity index (χ3v) is 4.27. The van der Waals surface area contributed by atoms with E-state index in [1.54, 1.807) is 0 Å². The number of pyridine rings is 1. The molecule has 0 bridgehead atoms. The van der Waals surface area contributed by atoms with Crippen molar-refractivity contribution >= 4 is 27.1 Å². The first-order valence-electron chi connectivity index (χ1n) is 7.21. The van der Waals surface area contributed by atoms with Crippen LogP contribution in [0.15, 0.2) is 16.7 Å². The Labute approximate surface area is 128 Å². The summed E-state index contributed by atoms with van der Waals surface area (Å²) in [4.78, 5) is 9.49. The number of aromatic nitrogens is 3. The summed E-state index contributed by atoms with van der Waals surface area (Å²) in [7, 11) is 0. The Morgan fingerprint density at radius 1 is 1.30 bits per heavy atom. The van der Waals surface area contributed by atoms with Gasteiger partial charge in [0.2, 0.25) is 0 Å². The van der Waals surface area contributed by atoms with Crippen molar-refractivity contribution in [2.75, 3.05) is 13.1 Å². The monoisotopic (exact) mass is 336 g/mol. The molecule has 5 heteroatoms. The zero-order valence-electron chi connectivity index (χ0n) is 12.3. The van der Waals surface area contributed by atoms with E-state index in [1.807, 2.05) is 6.20 Å². The first kappa shape index (κ1) is 14.0. The minimum atomic E-state index is 0.0258. The Balaban J connectivity index is 2.20. The van der Waals surface area contributed by atoms with Crippen LogP contribution in [0.1, 0.15) is 45.5 Å². The molecular weight excluding hydrogens is 316 g/mol. The summed E-state index contributed by atoms with van der Waals surface area (Å²) in [5.41, 5.74) is 2.03. The van der Waals surface area contributed by atoms with Gasteiger partial charge in [-0.05, 0) is 47.9 Å². The molecule has 1 N–H and O–H groups in total. The van der Waals surface area contributed by atoms with Crippen molar-refractivity contribution in [1.82, 2.24) is 19.9 Å². The van der Waals surface area contributed by atoms with Gasteiger partial charge >= 0.3 is 0 Å². The SMILES string of the molecule is CC(C)(C)c1nc2cc(Br)cnc2n1C1CCNCC1. The molecule has 3 rings (SSSR count). The lowest BCUT2D eigenvalue weighted by molar-refractivity contribution is 0.349. The van der Waals surface area contributed by atoms with E-state index in [0.29, 0.717) is 6.04 Å². The lowest BCUT2D eigenvalue weighted by Crippen LogP contribution is -2.32. The van der Waals surface area contributed by atoms with Crippen LogP contribution in [0, 0.1) is 0 Å². The smallest absolute Gasteiger partial charge is 0.160 e. The molecular formula is C15H21BrN4. The van der Waals surface area contributed by atoms with E-state index in [2.05, 4.69) is 57.6 Å². The van der Waals surface area contributed by atoms with E-state index in [9.17, 15) is 0 Å². The van der Waals surface area contributed by atoms with Gasteiger partial charge < -0.3 is 9.88 Å². The van der Waals surface area contributed by atoms with Gasteiger partial charge in [0.1, 0.15) is 11.3 Å². The van der Waals surface area contributed by atoms with E-state index < -0.39 is 0 Å². The maximum absolute atomic E-state index is 4.87. The molecule has 0 radical (unpaired) electrons. The van der Waals surface area contributed by atoms with Crippen LogP contribution in [0.2, 0.25) is 0 Å². The third-order valence-electron chi connectivity index (χ3n) is 3.84. The molecule has 1 fully saturated rings. The van der Waals surface area contributed by atoms with Gasteiger partial charge in [-0.1, -0.05) is 20.8 Å². The Kier molecular flexibility index (Phi) is 3.58. The van der Waals surface area contributed by atoms with E-state index in [4.69, 9.17) is 4.98 Å². The highest BCUT2D eigenvalue weighted by atomic mass is 79.9. The molecule has 1 saturated heterocycles. The molecule has 20 heavy (non-hydrogen) atoms. The van der Waals surface area contributed by atoms with E-state index in [-0.39, 0.29) is 5.41 Å². The molecule has 108 valence electrons. The van der Waals surface area contributed by atoms with Crippen molar-refractivity contribution in [2.45, 2.75) is 45.1 Å². The summed E-state index contributed by atoms with van der Waals surface area (Å²) in [5.74, 6) is 1.14. The maximum Gasteiger partial charge on any atom is 0.160 e. The van der Waals surface area contributed by atoms with Crippen LogP contribution in [0.5, 0.6) is 0 Å². The molecule has 0 saturated carbocycles. The van der Waals surface area contributed by atoms with Crippen LogP contribution in [-0.2, 0) is 5.41 Å². The molecule has 0 amide bonds. The average Bonchev–Trinajstić information content (AvgIpc) is 2.78. The Hall–Kier alpha value is -0.940. The number of imidazole rings is 1. The molecule has 2 aromatic heterocycles. The number of rotatable bonds is 1. The fourth-order valence-electron chi connectivity index (χ4n) is 2.90. The number of halogens is 1. The van der Waals surface area contributed by atoms with Crippen LogP contribution < -0.4 is 5.32 Å². The molecule has 0 aromatic carbocycles. The predicted octanol–water partition coefficient (Wildman–Crippen LogP) is 3.42. The van der Waals surface area contributed by atoms with Gasteiger partial charge in [-0.3, -0.25) is 0 Å². The summed E-state index contributed by atoms with van der Waals surface area (Å²) >= 11 is 3.49. The van der Waals surface area contributed by atoms with E-state index >= 15 is 0 Å². The van der Waals surface area contributed by atoms with Crippen molar-refractivity contribution in [3.8, 4) is 0 Å². The second-order valence-electron chi connectivity index (χ2n) is 6.53. The van der Waals surface area contributed by atoms with Gasteiger partial charge in [-0.2, -0.15) is 0 Å². The van der Waals surface area contributed by atoms with Crippen LogP contribution >= 0.6 is 15.9 Å².